The number of hydrogen-bond acceptors (Lipinski definition) is 4. The van der Waals surface area contributed by atoms with E-state index in [0.29, 0.717) is 16.4 Å². The second kappa shape index (κ2) is 7.96. The van der Waals surface area contributed by atoms with Crippen molar-refractivity contribution >= 4 is 48.9 Å². The first-order valence-corrected chi connectivity index (χ1v) is 11.3. The molecule has 8 heteroatoms. The summed E-state index contributed by atoms with van der Waals surface area (Å²) in [5, 5.41) is 0.614. The van der Waals surface area contributed by atoms with E-state index in [0.717, 1.165) is 15.8 Å². The quantitative estimate of drug-likeness (QED) is 0.624. The number of halogens is 1. The Kier molecular flexibility index (Phi) is 5.83. The molecule has 1 amide bonds. The fourth-order valence-corrected chi connectivity index (χ4v) is 5.54. The van der Waals surface area contributed by atoms with Gasteiger partial charge >= 0.3 is 0 Å². The Morgan fingerprint density at radius 3 is 2.56 bits per heavy atom. The van der Waals surface area contributed by atoms with Crippen molar-refractivity contribution in [2.24, 2.45) is 4.99 Å². The lowest BCUT2D eigenvalue weighted by Crippen LogP contribution is -2.17. The molecule has 27 heavy (non-hydrogen) atoms. The maximum absolute atomic E-state index is 12.3. The van der Waals surface area contributed by atoms with Gasteiger partial charge in [0, 0.05) is 13.0 Å². The maximum Gasteiger partial charge on any atom is 0.249 e. The van der Waals surface area contributed by atoms with Gasteiger partial charge in [0.15, 0.2) is 14.6 Å². The number of aromatic nitrogens is 1. The van der Waals surface area contributed by atoms with E-state index in [9.17, 15) is 13.2 Å². The van der Waals surface area contributed by atoms with E-state index in [2.05, 4.69) is 4.99 Å². The third-order valence-corrected chi connectivity index (χ3v) is 7.47. The Morgan fingerprint density at radius 1 is 1.19 bits per heavy atom. The highest BCUT2D eigenvalue weighted by molar-refractivity contribution is 7.91. The van der Waals surface area contributed by atoms with Gasteiger partial charge in [-0.3, -0.25) is 4.79 Å². The zero-order valence-electron chi connectivity index (χ0n) is 15.0. The predicted molar refractivity (Wildman–Crippen MR) is 109 cm³/mol. The number of hydrogen-bond donors (Lipinski definition) is 0. The third kappa shape index (κ3) is 4.15. The maximum atomic E-state index is 12.3. The summed E-state index contributed by atoms with van der Waals surface area (Å²) in [7, 11) is -3.51. The first kappa shape index (κ1) is 19.8. The summed E-state index contributed by atoms with van der Waals surface area (Å²) in [6.07, 6.45) is -0.165. The van der Waals surface area contributed by atoms with E-state index in [-0.39, 0.29) is 17.1 Å². The number of thiazole rings is 1. The van der Waals surface area contributed by atoms with E-state index in [1.54, 1.807) is 18.2 Å². The van der Waals surface area contributed by atoms with Crippen LogP contribution in [0.4, 0.5) is 0 Å². The van der Waals surface area contributed by atoms with Crippen LogP contribution < -0.4 is 4.80 Å². The number of sulfone groups is 1. The van der Waals surface area contributed by atoms with Gasteiger partial charge in [0.25, 0.3) is 0 Å². The summed E-state index contributed by atoms with van der Waals surface area (Å²) in [6, 6.07) is 11.9. The monoisotopic (exact) mass is 422 g/mol. The van der Waals surface area contributed by atoms with Crippen LogP contribution in [0, 0.1) is 6.92 Å². The molecule has 1 aromatic heterocycles. The van der Waals surface area contributed by atoms with Crippen LogP contribution in [0.1, 0.15) is 18.9 Å². The smallest absolute Gasteiger partial charge is 0.249 e. The number of aryl methyl sites for hydroxylation is 2. The molecule has 142 valence electrons. The number of carbonyl (C=O) groups is 1. The van der Waals surface area contributed by atoms with Gasteiger partial charge in [-0.25, -0.2) is 8.42 Å². The van der Waals surface area contributed by atoms with Crippen molar-refractivity contribution in [2.75, 3.05) is 5.75 Å². The molecule has 0 aliphatic rings. The Hall–Kier alpha value is -1.96. The second-order valence-electron chi connectivity index (χ2n) is 6.06. The minimum Gasteiger partial charge on any atom is -0.316 e. The van der Waals surface area contributed by atoms with Crippen LogP contribution >= 0.6 is 22.9 Å². The van der Waals surface area contributed by atoms with Gasteiger partial charge < -0.3 is 4.57 Å². The number of rotatable bonds is 5. The highest BCUT2D eigenvalue weighted by Gasteiger charge is 2.17. The normalized spacial score (nSPS) is 12.6. The standard InChI is InChI=1S/C19H19ClN2O3S2/c1-3-22-17-13(2)9-10-15(20)18(17)26-19(22)21-16(23)11-12-27(24,25)14-7-5-4-6-8-14/h4-10H,3,11-12H2,1-2H3. The summed E-state index contributed by atoms with van der Waals surface area (Å²) < 4.78 is 27.5. The SMILES string of the molecule is CCn1c(=NC(=O)CCS(=O)(=O)c2ccccc2)sc2c(Cl)ccc(C)c21. The molecule has 0 saturated heterocycles. The molecule has 0 aliphatic carbocycles. The number of fused-ring (bicyclic) bond motifs is 1. The van der Waals surface area contributed by atoms with Gasteiger partial charge in [0.1, 0.15) is 0 Å². The molecule has 0 N–H and O–H groups in total. The lowest BCUT2D eigenvalue weighted by atomic mass is 10.2. The molecule has 0 bridgehead atoms. The van der Waals surface area contributed by atoms with Crippen LogP contribution in [0.2, 0.25) is 5.02 Å². The molecule has 5 nitrogen and oxygen atoms in total. The van der Waals surface area contributed by atoms with E-state index >= 15 is 0 Å². The van der Waals surface area contributed by atoms with E-state index in [1.807, 2.05) is 30.5 Å². The first-order valence-electron chi connectivity index (χ1n) is 8.47. The Labute approximate surface area is 166 Å². The third-order valence-electron chi connectivity index (χ3n) is 4.20. The predicted octanol–water partition coefficient (Wildman–Crippen LogP) is 3.98. The molecule has 1 heterocycles. The lowest BCUT2D eigenvalue weighted by molar-refractivity contribution is -0.117. The van der Waals surface area contributed by atoms with Gasteiger partial charge in [-0.2, -0.15) is 4.99 Å². The van der Waals surface area contributed by atoms with Crippen molar-refractivity contribution in [3.05, 3.63) is 57.9 Å². The van der Waals surface area contributed by atoms with Crippen LogP contribution in [0.25, 0.3) is 10.2 Å². The molecular weight excluding hydrogens is 404 g/mol. The van der Waals surface area contributed by atoms with Crippen molar-refractivity contribution in [1.82, 2.24) is 4.57 Å². The van der Waals surface area contributed by atoms with Gasteiger partial charge in [-0.05, 0) is 37.6 Å². The summed E-state index contributed by atoms with van der Waals surface area (Å²) >= 11 is 7.63. The van der Waals surface area contributed by atoms with Crippen LogP contribution in [0.5, 0.6) is 0 Å². The molecule has 0 saturated carbocycles. The molecule has 3 aromatic rings. The molecule has 0 aliphatic heterocycles. The second-order valence-corrected chi connectivity index (χ2v) is 9.55. The van der Waals surface area contributed by atoms with Gasteiger partial charge in [-0.15, -0.1) is 0 Å². The number of carbonyl (C=O) groups excluding carboxylic acids is 1. The van der Waals surface area contributed by atoms with E-state index < -0.39 is 15.7 Å². The molecule has 0 atom stereocenters. The summed E-state index contributed by atoms with van der Waals surface area (Å²) in [4.78, 5) is 17.2. The molecule has 0 fully saturated rings. The zero-order valence-corrected chi connectivity index (χ0v) is 17.4. The molecule has 0 unspecified atom stereocenters. The van der Waals surface area contributed by atoms with Gasteiger partial charge in [0.2, 0.25) is 5.91 Å². The fraction of sp³-hybridized carbons (Fsp3) is 0.263. The Bertz CT molecular complexity index is 1160. The highest BCUT2D eigenvalue weighted by atomic mass is 35.5. The van der Waals surface area contributed by atoms with E-state index in [1.165, 1.54) is 23.5 Å². The summed E-state index contributed by atoms with van der Waals surface area (Å²) in [5.41, 5.74) is 2.01. The lowest BCUT2D eigenvalue weighted by Gasteiger charge is -2.04. The van der Waals surface area contributed by atoms with Crippen LogP contribution in [-0.2, 0) is 21.2 Å². The highest BCUT2D eigenvalue weighted by Crippen LogP contribution is 2.28. The molecule has 0 spiro atoms. The number of amides is 1. The van der Waals surface area contributed by atoms with Crippen LogP contribution in [0.15, 0.2) is 52.4 Å². The minimum atomic E-state index is -3.51. The number of nitrogens with zero attached hydrogens (tertiary/aromatic N) is 2. The van der Waals surface area contributed by atoms with Gasteiger partial charge in [-0.1, -0.05) is 47.2 Å². The van der Waals surface area contributed by atoms with Crippen molar-refractivity contribution < 1.29 is 13.2 Å². The van der Waals surface area contributed by atoms with E-state index in [4.69, 9.17) is 11.6 Å². The van der Waals surface area contributed by atoms with Crippen molar-refractivity contribution in [2.45, 2.75) is 31.7 Å². The van der Waals surface area contributed by atoms with Crippen LogP contribution in [-0.4, -0.2) is 24.6 Å². The molecule has 0 radical (unpaired) electrons. The topological polar surface area (TPSA) is 68.5 Å². The zero-order chi connectivity index (χ0) is 19.6. The summed E-state index contributed by atoms with van der Waals surface area (Å²) in [5.74, 6) is -0.729. The molecule has 2 aromatic carbocycles. The largest absolute Gasteiger partial charge is 0.316 e. The first-order chi connectivity index (χ1) is 12.8. The average Bonchev–Trinajstić information content (AvgIpc) is 3.03. The molecular formula is C19H19ClN2O3S2. The average molecular weight is 423 g/mol. The van der Waals surface area contributed by atoms with Crippen molar-refractivity contribution in [1.29, 1.82) is 0 Å². The van der Waals surface area contributed by atoms with Crippen molar-refractivity contribution in [3.63, 3.8) is 0 Å². The summed E-state index contributed by atoms with van der Waals surface area (Å²) in [6.45, 7) is 4.58. The Balaban J connectivity index is 1.90. The number of benzene rings is 2. The fourth-order valence-electron chi connectivity index (χ4n) is 2.83. The van der Waals surface area contributed by atoms with Gasteiger partial charge in [0.05, 0.1) is 25.9 Å². The minimum absolute atomic E-state index is 0.165. The van der Waals surface area contributed by atoms with Crippen molar-refractivity contribution in [3.8, 4) is 0 Å². The Morgan fingerprint density at radius 2 is 1.89 bits per heavy atom. The van der Waals surface area contributed by atoms with Crippen LogP contribution in [0.3, 0.4) is 0 Å². The molecule has 3 rings (SSSR count).